The van der Waals surface area contributed by atoms with Crippen molar-refractivity contribution in [2.75, 3.05) is 32.8 Å². The van der Waals surface area contributed by atoms with E-state index in [0.29, 0.717) is 26.4 Å². The van der Waals surface area contributed by atoms with Crippen LogP contribution in [-0.2, 0) is 21.0 Å². The number of morpholine rings is 1. The van der Waals surface area contributed by atoms with Crippen molar-refractivity contribution >= 4 is 22.5 Å². The number of benzene rings is 2. The van der Waals surface area contributed by atoms with Crippen LogP contribution >= 0.6 is 0 Å². The fourth-order valence-electron chi connectivity index (χ4n) is 4.70. The Hall–Kier alpha value is -3.50. The predicted octanol–water partition coefficient (Wildman–Crippen LogP) is 2.96. The first kappa shape index (κ1) is 24.2. The van der Waals surface area contributed by atoms with Crippen LogP contribution in [0.4, 0.5) is 0 Å². The molecule has 188 valence electrons. The molecular weight excluding hydrogens is 460 g/mol. The molecule has 1 amide bonds. The first-order valence-corrected chi connectivity index (χ1v) is 12.0. The lowest BCUT2D eigenvalue weighted by molar-refractivity contribution is -0.138. The molecule has 0 radical (unpaired) electrons. The summed E-state index contributed by atoms with van der Waals surface area (Å²) in [5, 5.41) is 10.2. The molecule has 5 rings (SSSR count). The SMILES string of the molecule is Cc1cc(COc2ccc(C3=CC(CC(=O)NO)(CN4CCOCC4)ON3)cc2)c2ccccc2n1. The first-order valence-electron chi connectivity index (χ1n) is 12.0. The molecule has 3 heterocycles. The quantitative estimate of drug-likeness (QED) is 0.327. The molecule has 3 aromatic rings. The van der Waals surface area contributed by atoms with Gasteiger partial charge in [0.25, 0.3) is 0 Å². The van der Waals surface area contributed by atoms with Crippen LogP contribution in [0.1, 0.15) is 23.2 Å². The summed E-state index contributed by atoms with van der Waals surface area (Å²) in [7, 11) is 0. The van der Waals surface area contributed by atoms with Gasteiger partial charge in [-0.05, 0) is 55.0 Å². The van der Waals surface area contributed by atoms with Gasteiger partial charge >= 0.3 is 0 Å². The number of aromatic nitrogens is 1. The topological polar surface area (TPSA) is 105 Å². The summed E-state index contributed by atoms with van der Waals surface area (Å²) < 4.78 is 11.5. The molecular formula is C27H30N4O5. The lowest BCUT2D eigenvalue weighted by Gasteiger charge is -2.34. The van der Waals surface area contributed by atoms with Crippen LogP contribution in [0.3, 0.4) is 0 Å². The number of nitrogens with zero attached hydrogens (tertiary/aromatic N) is 2. The smallest absolute Gasteiger partial charge is 0.246 e. The minimum atomic E-state index is -0.908. The average Bonchev–Trinajstić information content (AvgIpc) is 3.31. The highest BCUT2D eigenvalue weighted by atomic mass is 16.7. The zero-order chi connectivity index (χ0) is 25.0. The molecule has 9 nitrogen and oxygen atoms in total. The molecule has 0 spiro atoms. The van der Waals surface area contributed by atoms with Gasteiger partial charge in [-0.1, -0.05) is 18.2 Å². The standard InChI is InChI=1S/C27H30N4O5/c1-19-14-21(23-4-2-3-5-24(23)28-19)17-35-22-8-6-20(7-9-22)25-15-27(36-30-25,16-26(32)29-33)18-31-10-12-34-13-11-31/h2-9,14-15,30,33H,10-13,16-18H2,1H3,(H,29,32). The third-order valence-electron chi connectivity index (χ3n) is 6.44. The molecule has 9 heteroatoms. The van der Waals surface area contributed by atoms with Gasteiger partial charge in [0, 0.05) is 36.3 Å². The normalized spacial score (nSPS) is 20.1. The zero-order valence-electron chi connectivity index (χ0n) is 20.2. The van der Waals surface area contributed by atoms with Crippen LogP contribution in [0, 0.1) is 6.92 Å². The Bertz CT molecular complexity index is 1260. The lowest BCUT2D eigenvalue weighted by Crippen LogP contribution is -2.49. The summed E-state index contributed by atoms with van der Waals surface area (Å²) in [6, 6.07) is 17.8. The minimum absolute atomic E-state index is 0.0160. The summed E-state index contributed by atoms with van der Waals surface area (Å²) in [6.45, 7) is 5.72. The molecule has 0 bridgehead atoms. The molecule has 1 unspecified atom stereocenters. The summed E-state index contributed by atoms with van der Waals surface area (Å²) in [5.41, 5.74) is 8.46. The monoisotopic (exact) mass is 490 g/mol. The minimum Gasteiger partial charge on any atom is -0.489 e. The maximum Gasteiger partial charge on any atom is 0.246 e. The van der Waals surface area contributed by atoms with Crippen molar-refractivity contribution in [3.8, 4) is 5.75 Å². The van der Waals surface area contributed by atoms with Crippen molar-refractivity contribution in [3.05, 3.63) is 77.5 Å². The van der Waals surface area contributed by atoms with E-state index in [1.54, 1.807) is 5.48 Å². The van der Waals surface area contributed by atoms with E-state index in [-0.39, 0.29) is 6.42 Å². The second-order valence-electron chi connectivity index (χ2n) is 9.18. The van der Waals surface area contributed by atoms with E-state index in [2.05, 4.69) is 27.5 Å². The molecule has 0 saturated carbocycles. The van der Waals surface area contributed by atoms with Gasteiger partial charge in [0.1, 0.15) is 18.0 Å². The van der Waals surface area contributed by atoms with Crippen molar-refractivity contribution in [2.45, 2.75) is 25.6 Å². The van der Waals surface area contributed by atoms with Crippen LogP contribution in [0.2, 0.25) is 0 Å². The van der Waals surface area contributed by atoms with Gasteiger partial charge in [-0.25, -0.2) is 5.48 Å². The molecule has 1 atom stereocenters. The molecule has 36 heavy (non-hydrogen) atoms. The summed E-state index contributed by atoms with van der Waals surface area (Å²) in [6.07, 6.45) is 1.90. The van der Waals surface area contributed by atoms with Crippen LogP contribution in [0.15, 0.2) is 60.7 Å². The van der Waals surface area contributed by atoms with Gasteiger partial charge in [0.15, 0.2) is 0 Å². The highest BCUT2D eigenvalue weighted by molar-refractivity contribution is 5.82. The number of pyridine rings is 1. The van der Waals surface area contributed by atoms with Gasteiger partial charge in [-0.2, -0.15) is 0 Å². The average molecular weight is 491 g/mol. The Morgan fingerprint density at radius 2 is 1.97 bits per heavy atom. The third kappa shape index (κ3) is 5.50. The predicted molar refractivity (Wildman–Crippen MR) is 134 cm³/mol. The fourth-order valence-corrected chi connectivity index (χ4v) is 4.70. The van der Waals surface area contributed by atoms with E-state index in [0.717, 1.165) is 52.3 Å². The van der Waals surface area contributed by atoms with Crippen molar-refractivity contribution in [1.82, 2.24) is 20.8 Å². The van der Waals surface area contributed by atoms with Crippen LogP contribution in [0.25, 0.3) is 16.6 Å². The van der Waals surface area contributed by atoms with Gasteiger partial charge in [-0.15, -0.1) is 0 Å². The number of para-hydroxylation sites is 1. The Kier molecular flexibility index (Phi) is 7.15. The van der Waals surface area contributed by atoms with Crippen molar-refractivity contribution in [3.63, 3.8) is 0 Å². The van der Waals surface area contributed by atoms with E-state index >= 15 is 0 Å². The van der Waals surface area contributed by atoms with E-state index in [1.165, 1.54) is 0 Å². The van der Waals surface area contributed by atoms with Gasteiger partial charge in [-0.3, -0.25) is 30.2 Å². The van der Waals surface area contributed by atoms with E-state index in [4.69, 9.17) is 19.5 Å². The molecule has 0 aliphatic carbocycles. The van der Waals surface area contributed by atoms with Gasteiger partial charge in [0.05, 0.1) is 30.8 Å². The van der Waals surface area contributed by atoms with Crippen molar-refractivity contribution < 1.29 is 24.3 Å². The molecule has 1 fully saturated rings. The number of ether oxygens (including phenoxy) is 2. The largest absolute Gasteiger partial charge is 0.489 e. The number of aryl methyl sites for hydroxylation is 1. The maximum atomic E-state index is 12.0. The zero-order valence-corrected chi connectivity index (χ0v) is 20.2. The summed E-state index contributed by atoms with van der Waals surface area (Å²) >= 11 is 0. The van der Waals surface area contributed by atoms with Crippen LogP contribution in [0.5, 0.6) is 5.75 Å². The molecule has 2 aliphatic rings. The Balaban J connectivity index is 1.30. The summed E-state index contributed by atoms with van der Waals surface area (Å²) in [5.74, 6) is 0.237. The van der Waals surface area contributed by atoms with E-state index in [1.807, 2.05) is 55.5 Å². The molecule has 1 aromatic heterocycles. The second-order valence-corrected chi connectivity index (χ2v) is 9.18. The number of amides is 1. The van der Waals surface area contributed by atoms with Crippen LogP contribution < -0.4 is 15.7 Å². The number of carbonyl (C=O) groups is 1. The molecule has 1 saturated heterocycles. The Morgan fingerprint density at radius 1 is 1.19 bits per heavy atom. The number of nitrogens with one attached hydrogen (secondary N) is 2. The number of fused-ring (bicyclic) bond motifs is 1. The third-order valence-corrected chi connectivity index (χ3v) is 6.44. The van der Waals surface area contributed by atoms with Gasteiger partial charge < -0.3 is 9.47 Å². The van der Waals surface area contributed by atoms with Crippen molar-refractivity contribution in [1.29, 1.82) is 0 Å². The molecule has 3 N–H and O–H groups in total. The number of hydroxylamine groups is 2. The number of carbonyl (C=O) groups excluding carboxylic acids is 1. The number of hydrogen-bond donors (Lipinski definition) is 3. The summed E-state index contributed by atoms with van der Waals surface area (Å²) in [4.78, 5) is 24.7. The van der Waals surface area contributed by atoms with E-state index < -0.39 is 11.5 Å². The molecule has 2 aromatic carbocycles. The highest BCUT2D eigenvalue weighted by Gasteiger charge is 2.39. The van der Waals surface area contributed by atoms with E-state index in [9.17, 15) is 4.79 Å². The first-order chi connectivity index (χ1) is 17.5. The Morgan fingerprint density at radius 3 is 2.75 bits per heavy atom. The molecule has 2 aliphatic heterocycles. The lowest BCUT2D eigenvalue weighted by atomic mass is 9.96. The number of rotatable bonds is 8. The van der Waals surface area contributed by atoms with Crippen LogP contribution in [-0.4, -0.2) is 59.4 Å². The maximum absolute atomic E-state index is 12.0. The Labute approximate surface area is 209 Å². The fraction of sp³-hybridized carbons (Fsp3) is 0.333. The number of hydrogen-bond acceptors (Lipinski definition) is 8. The van der Waals surface area contributed by atoms with Crippen molar-refractivity contribution in [2.24, 2.45) is 0 Å². The second kappa shape index (κ2) is 10.6. The highest BCUT2D eigenvalue weighted by Crippen LogP contribution is 2.31. The van der Waals surface area contributed by atoms with Gasteiger partial charge in [0.2, 0.25) is 5.91 Å².